The van der Waals surface area contributed by atoms with Crippen LogP contribution in [0.1, 0.15) is 36.1 Å². The average Bonchev–Trinajstić information content (AvgIpc) is 3.19. The quantitative estimate of drug-likeness (QED) is 0.438. The van der Waals surface area contributed by atoms with Gasteiger partial charge in [-0.15, -0.1) is 10.2 Å². The molecule has 0 radical (unpaired) electrons. The second-order valence-electron chi connectivity index (χ2n) is 7.09. The van der Waals surface area contributed by atoms with Gasteiger partial charge in [0.05, 0.1) is 31.2 Å². The fourth-order valence-electron chi connectivity index (χ4n) is 3.08. The van der Waals surface area contributed by atoms with Gasteiger partial charge in [-0.25, -0.2) is 0 Å². The maximum atomic E-state index is 12.5. The highest BCUT2D eigenvalue weighted by atomic mass is 32.2. The lowest BCUT2D eigenvalue weighted by molar-refractivity contribution is -0.113. The number of carbonyl (C=O) groups is 2. The molecule has 2 aromatic carbocycles. The highest BCUT2D eigenvalue weighted by Gasteiger charge is 2.19. The third-order valence-electron chi connectivity index (χ3n) is 4.75. The van der Waals surface area contributed by atoms with Crippen LogP contribution in [0.3, 0.4) is 0 Å². The van der Waals surface area contributed by atoms with Gasteiger partial charge in [0, 0.05) is 12.6 Å². The van der Waals surface area contributed by atoms with Crippen molar-refractivity contribution in [2.75, 3.05) is 24.8 Å². The number of nitrogens with zero attached hydrogens (tertiary/aromatic N) is 3. The number of methoxy groups -OCH3 is 1. The van der Waals surface area contributed by atoms with Crippen LogP contribution in [0.15, 0.2) is 53.7 Å². The monoisotopic (exact) mass is 469 g/mol. The first-order chi connectivity index (χ1) is 15.9. The summed E-state index contributed by atoms with van der Waals surface area (Å²) in [6, 6.07) is 13.8. The van der Waals surface area contributed by atoms with Gasteiger partial charge in [0.25, 0.3) is 5.91 Å². The SMILES string of the molecule is CCOc1ccccc1NC(=O)CSc1nnc(C(C)NC(=O)c2ccc(OC)cc2)n1C. The van der Waals surface area contributed by atoms with E-state index in [2.05, 4.69) is 20.8 Å². The lowest BCUT2D eigenvalue weighted by Crippen LogP contribution is -2.28. The minimum absolute atomic E-state index is 0.152. The van der Waals surface area contributed by atoms with Crippen molar-refractivity contribution in [3.05, 3.63) is 59.9 Å². The summed E-state index contributed by atoms with van der Waals surface area (Å²) in [4.78, 5) is 25.0. The van der Waals surface area contributed by atoms with E-state index in [0.29, 0.717) is 40.3 Å². The fraction of sp³-hybridized carbons (Fsp3) is 0.304. The molecule has 0 bridgehead atoms. The Hall–Kier alpha value is -3.53. The molecular formula is C23H27N5O4S. The molecule has 2 N–H and O–H groups in total. The number of para-hydroxylation sites is 2. The number of aromatic nitrogens is 3. The van der Waals surface area contributed by atoms with Crippen LogP contribution in [0.2, 0.25) is 0 Å². The number of amides is 2. The third kappa shape index (κ3) is 6.26. The maximum absolute atomic E-state index is 12.5. The molecule has 2 amide bonds. The molecule has 1 atom stereocenters. The molecule has 9 nitrogen and oxygen atoms in total. The summed E-state index contributed by atoms with van der Waals surface area (Å²) in [7, 11) is 3.38. The van der Waals surface area contributed by atoms with Crippen LogP contribution in [0.5, 0.6) is 11.5 Å². The normalized spacial score (nSPS) is 11.5. The van der Waals surface area contributed by atoms with Crippen molar-refractivity contribution < 1.29 is 19.1 Å². The number of benzene rings is 2. The number of anilines is 1. The van der Waals surface area contributed by atoms with E-state index in [0.717, 1.165) is 0 Å². The van der Waals surface area contributed by atoms with Crippen LogP contribution in [-0.2, 0) is 11.8 Å². The van der Waals surface area contributed by atoms with Gasteiger partial charge in [0.1, 0.15) is 11.5 Å². The number of rotatable bonds is 10. The van der Waals surface area contributed by atoms with Crippen LogP contribution >= 0.6 is 11.8 Å². The van der Waals surface area contributed by atoms with Gasteiger partial charge in [0.2, 0.25) is 5.91 Å². The molecular weight excluding hydrogens is 442 g/mol. The predicted octanol–water partition coefficient (Wildman–Crippen LogP) is 3.44. The Labute approximate surface area is 196 Å². The fourth-order valence-corrected chi connectivity index (χ4v) is 3.80. The zero-order chi connectivity index (χ0) is 23.8. The minimum atomic E-state index is -0.377. The van der Waals surface area contributed by atoms with Crippen LogP contribution in [0.4, 0.5) is 5.69 Å². The molecule has 1 unspecified atom stereocenters. The second-order valence-corrected chi connectivity index (χ2v) is 8.03. The Balaban J connectivity index is 1.57. The average molecular weight is 470 g/mol. The van der Waals surface area contributed by atoms with Crippen LogP contribution < -0.4 is 20.1 Å². The Morgan fingerprint density at radius 1 is 1.12 bits per heavy atom. The molecule has 1 aromatic heterocycles. The zero-order valence-electron chi connectivity index (χ0n) is 19.0. The number of hydrogen-bond donors (Lipinski definition) is 2. The Kier molecular flexibility index (Phi) is 8.31. The van der Waals surface area contributed by atoms with Gasteiger partial charge in [-0.1, -0.05) is 23.9 Å². The number of carbonyl (C=O) groups excluding carboxylic acids is 2. The van der Waals surface area contributed by atoms with E-state index in [1.165, 1.54) is 11.8 Å². The van der Waals surface area contributed by atoms with Gasteiger partial charge in [-0.05, 0) is 50.2 Å². The first-order valence-electron chi connectivity index (χ1n) is 10.4. The number of ether oxygens (including phenoxy) is 2. The highest BCUT2D eigenvalue weighted by Crippen LogP contribution is 2.25. The van der Waals surface area contributed by atoms with Crippen LogP contribution in [0, 0.1) is 0 Å². The zero-order valence-corrected chi connectivity index (χ0v) is 19.8. The summed E-state index contributed by atoms with van der Waals surface area (Å²) >= 11 is 1.26. The third-order valence-corrected chi connectivity index (χ3v) is 5.77. The van der Waals surface area contributed by atoms with Gasteiger partial charge in [0.15, 0.2) is 11.0 Å². The van der Waals surface area contributed by atoms with Gasteiger partial charge in [-0.3, -0.25) is 9.59 Å². The summed E-state index contributed by atoms with van der Waals surface area (Å²) in [6.07, 6.45) is 0. The van der Waals surface area contributed by atoms with Gasteiger partial charge >= 0.3 is 0 Å². The molecule has 0 aliphatic heterocycles. The molecule has 10 heteroatoms. The van der Waals surface area contributed by atoms with E-state index < -0.39 is 0 Å². The molecule has 0 saturated heterocycles. The lowest BCUT2D eigenvalue weighted by Gasteiger charge is -2.14. The van der Waals surface area contributed by atoms with Gasteiger partial charge in [-0.2, -0.15) is 0 Å². The van der Waals surface area contributed by atoms with Gasteiger partial charge < -0.3 is 24.7 Å². The van der Waals surface area contributed by atoms with Crippen molar-refractivity contribution >= 4 is 29.3 Å². The van der Waals surface area contributed by atoms with E-state index in [4.69, 9.17) is 9.47 Å². The molecule has 33 heavy (non-hydrogen) atoms. The number of hydrogen-bond acceptors (Lipinski definition) is 7. The van der Waals surface area contributed by atoms with Crippen molar-refractivity contribution in [3.63, 3.8) is 0 Å². The summed E-state index contributed by atoms with van der Waals surface area (Å²) in [5.41, 5.74) is 1.14. The predicted molar refractivity (Wildman–Crippen MR) is 127 cm³/mol. The van der Waals surface area contributed by atoms with Crippen molar-refractivity contribution in [1.82, 2.24) is 20.1 Å². The summed E-state index contributed by atoms with van der Waals surface area (Å²) in [5.74, 6) is 1.63. The van der Waals surface area contributed by atoms with Crippen molar-refractivity contribution in [3.8, 4) is 11.5 Å². The molecule has 0 saturated carbocycles. The Morgan fingerprint density at radius 2 is 1.85 bits per heavy atom. The second kappa shape index (κ2) is 11.4. The molecule has 174 valence electrons. The number of thioether (sulfide) groups is 1. The first kappa shape index (κ1) is 24.1. The number of nitrogens with one attached hydrogen (secondary N) is 2. The van der Waals surface area contributed by atoms with Crippen LogP contribution in [-0.4, -0.2) is 46.0 Å². The van der Waals surface area contributed by atoms with Crippen molar-refractivity contribution in [1.29, 1.82) is 0 Å². The molecule has 0 fully saturated rings. The molecule has 1 heterocycles. The first-order valence-corrected chi connectivity index (χ1v) is 11.4. The minimum Gasteiger partial charge on any atom is -0.497 e. The van der Waals surface area contributed by atoms with Crippen LogP contribution in [0.25, 0.3) is 0 Å². The summed E-state index contributed by atoms with van der Waals surface area (Å²) < 4.78 is 12.4. The highest BCUT2D eigenvalue weighted by molar-refractivity contribution is 7.99. The topological polar surface area (TPSA) is 107 Å². The van der Waals surface area contributed by atoms with E-state index in [1.54, 1.807) is 49.1 Å². The molecule has 3 aromatic rings. The van der Waals surface area contributed by atoms with Crippen molar-refractivity contribution in [2.24, 2.45) is 7.05 Å². The van der Waals surface area contributed by atoms with E-state index in [-0.39, 0.29) is 23.6 Å². The molecule has 0 aliphatic carbocycles. The van der Waals surface area contributed by atoms with E-state index in [9.17, 15) is 9.59 Å². The van der Waals surface area contributed by atoms with Crippen molar-refractivity contribution in [2.45, 2.75) is 25.0 Å². The molecule has 3 rings (SSSR count). The molecule has 0 spiro atoms. The Bertz CT molecular complexity index is 1100. The summed E-state index contributed by atoms with van der Waals surface area (Å²) in [5, 5.41) is 14.7. The maximum Gasteiger partial charge on any atom is 0.251 e. The van der Waals surface area contributed by atoms with E-state index in [1.807, 2.05) is 32.0 Å². The molecule has 0 aliphatic rings. The smallest absolute Gasteiger partial charge is 0.251 e. The summed E-state index contributed by atoms with van der Waals surface area (Å²) in [6.45, 7) is 4.23. The van der Waals surface area contributed by atoms with E-state index >= 15 is 0 Å². The lowest BCUT2D eigenvalue weighted by atomic mass is 10.2. The standard InChI is InChI=1S/C23H27N5O4S/c1-5-32-19-9-7-6-8-18(19)25-20(29)14-33-23-27-26-21(28(23)3)15(2)24-22(30)16-10-12-17(31-4)13-11-16/h6-13,15H,5,14H2,1-4H3,(H,24,30)(H,25,29). The Morgan fingerprint density at radius 3 is 2.55 bits per heavy atom. The largest absolute Gasteiger partial charge is 0.497 e.